The van der Waals surface area contributed by atoms with Crippen LogP contribution < -0.4 is 10.1 Å². The minimum atomic E-state index is 0.246. The number of carbonyl (C=O) groups is 1. The topological polar surface area (TPSA) is 41.6 Å². The molecule has 116 valence electrons. The van der Waals surface area contributed by atoms with Crippen molar-refractivity contribution in [3.63, 3.8) is 0 Å². The van der Waals surface area contributed by atoms with E-state index in [1.807, 2.05) is 17.0 Å². The first kappa shape index (κ1) is 15.8. The normalized spacial score (nSPS) is 15.3. The first-order valence-corrected chi connectivity index (χ1v) is 7.88. The van der Waals surface area contributed by atoms with E-state index in [4.69, 9.17) is 4.74 Å². The van der Waals surface area contributed by atoms with E-state index in [-0.39, 0.29) is 5.91 Å². The van der Waals surface area contributed by atoms with Gasteiger partial charge in [0.25, 0.3) is 0 Å². The van der Waals surface area contributed by atoms with Gasteiger partial charge >= 0.3 is 0 Å². The van der Waals surface area contributed by atoms with E-state index in [0.29, 0.717) is 18.9 Å². The van der Waals surface area contributed by atoms with E-state index in [2.05, 4.69) is 31.3 Å². The largest absolute Gasteiger partial charge is 0.494 e. The quantitative estimate of drug-likeness (QED) is 0.818. The average Bonchev–Trinajstić information content (AvgIpc) is 2.52. The molecule has 4 nitrogen and oxygen atoms in total. The lowest BCUT2D eigenvalue weighted by atomic mass is 10.0. The fourth-order valence-corrected chi connectivity index (χ4v) is 2.45. The third-order valence-electron chi connectivity index (χ3n) is 3.80. The van der Waals surface area contributed by atoms with Crippen LogP contribution in [0.25, 0.3) is 0 Å². The van der Waals surface area contributed by atoms with Gasteiger partial charge in [-0.15, -0.1) is 0 Å². The Morgan fingerprint density at radius 1 is 1.33 bits per heavy atom. The van der Waals surface area contributed by atoms with Crippen molar-refractivity contribution in [3.05, 3.63) is 29.8 Å². The van der Waals surface area contributed by atoms with Gasteiger partial charge in [-0.1, -0.05) is 26.0 Å². The van der Waals surface area contributed by atoms with Crippen LogP contribution in [0.4, 0.5) is 0 Å². The van der Waals surface area contributed by atoms with Crippen LogP contribution in [0.5, 0.6) is 5.75 Å². The molecule has 1 aromatic rings. The van der Waals surface area contributed by atoms with Crippen molar-refractivity contribution in [2.75, 3.05) is 32.8 Å². The van der Waals surface area contributed by atoms with Crippen molar-refractivity contribution in [1.29, 1.82) is 0 Å². The van der Waals surface area contributed by atoms with Crippen LogP contribution in [0.15, 0.2) is 24.3 Å². The number of hydrogen-bond donors (Lipinski definition) is 1. The first-order valence-electron chi connectivity index (χ1n) is 7.88. The van der Waals surface area contributed by atoms with Crippen molar-refractivity contribution in [2.45, 2.75) is 32.6 Å². The van der Waals surface area contributed by atoms with Gasteiger partial charge in [-0.25, -0.2) is 0 Å². The van der Waals surface area contributed by atoms with E-state index >= 15 is 0 Å². The maximum atomic E-state index is 12.0. The lowest BCUT2D eigenvalue weighted by Crippen LogP contribution is -2.46. The predicted molar refractivity (Wildman–Crippen MR) is 84.7 cm³/mol. The molecule has 1 fully saturated rings. The number of rotatable bonds is 6. The van der Waals surface area contributed by atoms with Gasteiger partial charge in [-0.05, 0) is 30.0 Å². The summed E-state index contributed by atoms with van der Waals surface area (Å²) in [7, 11) is 0. The van der Waals surface area contributed by atoms with Crippen molar-refractivity contribution in [1.82, 2.24) is 10.2 Å². The molecule has 1 aliphatic heterocycles. The highest BCUT2D eigenvalue weighted by atomic mass is 16.5. The van der Waals surface area contributed by atoms with Gasteiger partial charge in [0.05, 0.1) is 6.61 Å². The monoisotopic (exact) mass is 290 g/mol. The Kier molecular flexibility index (Phi) is 6.05. The smallest absolute Gasteiger partial charge is 0.222 e. The van der Waals surface area contributed by atoms with E-state index in [0.717, 1.165) is 38.3 Å². The third kappa shape index (κ3) is 5.05. The van der Waals surface area contributed by atoms with Crippen molar-refractivity contribution in [2.24, 2.45) is 0 Å². The fourth-order valence-electron chi connectivity index (χ4n) is 2.45. The molecule has 0 atom stereocenters. The number of nitrogens with one attached hydrogen (secondary N) is 1. The van der Waals surface area contributed by atoms with Crippen molar-refractivity contribution >= 4 is 5.91 Å². The molecule has 0 saturated carbocycles. The molecule has 2 rings (SSSR count). The highest BCUT2D eigenvalue weighted by Gasteiger charge is 2.15. The standard InChI is InChI=1S/C17H26N2O2/c1-14(2)15-5-3-6-16(13-15)21-12-4-7-17(20)19-10-8-18-9-11-19/h3,5-6,13-14,18H,4,7-12H2,1-2H3. The Balaban J connectivity index is 1.69. The van der Waals surface area contributed by atoms with E-state index in [1.54, 1.807) is 0 Å². The molecule has 1 heterocycles. The molecule has 0 aliphatic carbocycles. The maximum absolute atomic E-state index is 12.0. The van der Waals surface area contributed by atoms with Gasteiger partial charge in [0.15, 0.2) is 0 Å². The summed E-state index contributed by atoms with van der Waals surface area (Å²) in [5.41, 5.74) is 1.28. The Morgan fingerprint density at radius 2 is 2.10 bits per heavy atom. The van der Waals surface area contributed by atoms with E-state index < -0.39 is 0 Å². The number of amides is 1. The number of benzene rings is 1. The second-order valence-electron chi connectivity index (χ2n) is 5.81. The van der Waals surface area contributed by atoms with Gasteiger partial charge in [-0.3, -0.25) is 4.79 Å². The number of piperazine rings is 1. The van der Waals surface area contributed by atoms with Gasteiger partial charge in [-0.2, -0.15) is 0 Å². The second-order valence-corrected chi connectivity index (χ2v) is 5.81. The summed E-state index contributed by atoms with van der Waals surface area (Å²) < 4.78 is 5.75. The van der Waals surface area contributed by atoms with Crippen LogP contribution in [0, 0.1) is 0 Å². The predicted octanol–water partition coefficient (Wildman–Crippen LogP) is 2.40. The molecule has 0 bridgehead atoms. The Bertz CT molecular complexity index is 454. The fraction of sp³-hybridized carbons (Fsp3) is 0.588. The SMILES string of the molecule is CC(C)c1cccc(OCCCC(=O)N2CCNCC2)c1. The molecule has 1 N–H and O–H groups in total. The van der Waals surface area contributed by atoms with Crippen LogP contribution in [-0.4, -0.2) is 43.6 Å². The van der Waals surface area contributed by atoms with Crippen LogP contribution >= 0.6 is 0 Å². The highest BCUT2D eigenvalue weighted by Crippen LogP contribution is 2.20. The van der Waals surface area contributed by atoms with Crippen LogP contribution in [-0.2, 0) is 4.79 Å². The van der Waals surface area contributed by atoms with Crippen LogP contribution in [0.1, 0.15) is 38.2 Å². The molecule has 1 aliphatic rings. The Labute approximate surface area is 127 Å². The molecule has 21 heavy (non-hydrogen) atoms. The average molecular weight is 290 g/mol. The molecule has 0 aromatic heterocycles. The lowest BCUT2D eigenvalue weighted by molar-refractivity contribution is -0.132. The second kappa shape index (κ2) is 8.03. The zero-order valence-corrected chi connectivity index (χ0v) is 13.1. The third-order valence-corrected chi connectivity index (χ3v) is 3.80. The summed E-state index contributed by atoms with van der Waals surface area (Å²) in [4.78, 5) is 13.9. The zero-order valence-electron chi connectivity index (χ0n) is 13.1. The van der Waals surface area contributed by atoms with Gasteiger partial charge in [0.1, 0.15) is 5.75 Å². The summed E-state index contributed by atoms with van der Waals surface area (Å²) in [6.45, 7) is 8.41. The molecule has 0 unspecified atom stereocenters. The minimum absolute atomic E-state index is 0.246. The summed E-state index contributed by atoms with van der Waals surface area (Å²) in [6.07, 6.45) is 1.35. The summed E-state index contributed by atoms with van der Waals surface area (Å²) in [6, 6.07) is 8.20. The van der Waals surface area contributed by atoms with Crippen molar-refractivity contribution in [3.8, 4) is 5.75 Å². The summed E-state index contributed by atoms with van der Waals surface area (Å²) in [5, 5.41) is 3.25. The molecule has 0 spiro atoms. The minimum Gasteiger partial charge on any atom is -0.494 e. The molecular formula is C17H26N2O2. The van der Waals surface area contributed by atoms with Crippen LogP contribution in [0.3, 0.4) is 0 Å². The Hall–Kier alpha value is -1.55. The molecule has 1 aromatic carbocycles. The molecule has 1 saturated heterocycles. The van der Waals surface area contributed by atoms with Crippen molar-refractivity contribution < 1.29 is 9.53 Å². The summed E-state index contributed by atoms with van der Waals surface area (Å²) in [5.74, 6) is 1.65. The van der Waals surface area contributed by atoms with Gasteiger partial charge in [0, 0.05) is 32.6 Å². The zero-order chi connectivity index (χ0) is 15.1. The lowest BCUT2D eigenvalue weighted by Gasteiger charge is -2.27. The van der Waals surface area contributed by atoms with E-state index in [9.17, 15) is 4.79 Å². The molecular weight excluding hydrogens is 264 g/mol. The van der Waals surface area contributed by atoms with E-state index in [1.165, 1.54) is 5.56 Å². The van der Waals surface area contributed by atoms with Gasteiger partial charge in [0.2, 0.25) is 5.91 Å². The van der Waals surface area contributed by atoms with Crippen LogP contribution in [0.2, 0.25) is 0 Å². The maximum Gasteiger partial charge on any atom is 0.222 e. The number of carbonyl (C=O) groups excluding carboxylic acids is 1. The number of hydrogen-bond acceptors (Lipinski definition) is 3. The summed E-state index contributed by atoms with van der Waals surface area (Å²) >= 11 is 0. The number of ether oxygens (including phenoxy) is 1. The first-order chi connectivity index (χ1) is 10.2. The molecule has 1 amide bonds. The molecule has 0 radical (unpaired) electrons. The number of nitrogens with zero attached hydrogens (tertiary/aromatic N) is 1. The highest BCUT2D eigenvalue weighted by molar-refractivity contribution is 5.76. The Morgan fingerprint density at radius 3 is 2.81 bits per heavy atom. The molecule has 4 heteroatoms. The van der Waals surface area contributed by atoms with Gasteiger partial charge < -0.3 is 15.0 Å².